The number of alkyl halides is 4. The van der Waals surface area contributed by atoms with E-state index in [2.05, 4.69) is 10.8 Å². The van der Waals surface area contributed by atoms with Gasteiger partial charge in [-0.15, -0.1) is 0 Å². The summed E-state index contributed by atoms with van der Waals surface area (Å²) in [4.78, 5) is 16.5. The third-order valence-electron chi connectivity index (χ3n) is 4.10. The second-order valence-corrected chi connectivity index (χ2v) is 9.34. The normalized spacial score (nSPS) is 20.9. The lowest BCUT2D eigenvalue weighted by Gasteiger charge is -2.23. The molecule has 1 aromatic rings. The zero-order valence-electron chi connectivity index (χ0n) is 15.0. The second-order valence-electron chi connectivity index (χ2n) is 6.17. The van der Waals surface area contributed by atoms with Crippen LogP contribution in [-0.2, 0) is 21.0 Å². The Morgan fingerprint density at radius 1 is 1.39 bits per heavy atom. The van der Waals surface area contributed by atoms with E-state index in [-0.39, 0.29) is 6.54 Å². The standard InChI is InChI=1S/C16H21F3IN3O4S/c1-2-3-8-21-15(24)22-27-13-7-9-23(14(13)20)28(25,26)12-6-4-5-11(10-12)16(17,18)19/h4-6,10,13-14H,2-3,7-9H2,1H3,(H2,21,22,24). The van der Waals surface area contributed by atoms with Gasteiger partial charge in [-0.05, 0) is 31.0 Å². The van der Waals surface area contributed by atoms with Crippen molar-refractivity contribution in [2.75, 3.05) is 13.1 Å². The highest BCUT2D eigenvalue weighted by atomic mass is 127. The zero-order valence-corrected chi connectivity index (χ0v) is 18.0. The van der Waals surface area contributed by atoms with E-state index in [0.717, 1.165) is 35.3 Å². The average Bonchev–Trinajstić information content (AvgIpc) is 3.01. The van der Waals surface area contributed by atoms with Crippen LogP contribution in [0.1, 0.15) is 31.7 Å². The van der Waals surface area contributed by atoms with Crippen LogP contribution < -0.4 is 10.8 Å². The lowest BCUT2D eigenvalue weighted by atomic mass is 10.2. The predicted octanol–water partition coefficient (Wildman–Crippen LogP) is 3.26. The fraction of sp³-hybridized carbons (Fsp3) is 0.562. The van der Waals surface area contributed by atoms with Crippen LogP contribution in [0.15, 0.2) is 29.2 Å². The van der Waals surface area contributed by atoms with Crippen molar-refractivity contribution in [3.63, 3.8) is 0 Å². The third kappa shape index (κ3) is 5.70. The SMILES string of the molecule is CCCCNC(=O)NOC1CCN(S(=O)(=O)c2cccc(C(F)(F)F)c2)C1I. The van der Waals surface area contributed by atoms with Gasteiger partial charge in [0.2, 0.25) is 10.0 Å². The van der Waals surface area contributed by atoms with Gasteiger partial charge in [0.15, 0.2) is 0 Å². The van der Waals surface area contributed by atoms with E-state index in [0.29, 0.717) is 19.0 Å². The van der Waals surface area contributed by atoms with E-state index in [1.54, 1.807) is 0 Å². The molecule has 7 nitrogen and oxygen atoms in total. The van der Waals surface area contributed by atoms with Gasteiger partial charge in [-0.1, -0.05) is 42.0 Å². The molecule has 0 spiro atoms. The van der Waals surface area contributed by atoms with Crippen molar-refractivity contribution < 1.29 is 31.2 Å². The summed E-state index contributed by atoms with van der Waals surface area (Å²) in [5.74, 6) is 0. The lowest BCUT2D eigenvalue weighted by Crippen LogP contribution is -2.42. The molecule has 0 aliphatic carbocycles. The summed E-state index contributed by atoms with van der Waals surface area (Å²) in [6, 6.07) is 3.09. The van der Waals surface area contributed by atoms with Gasteiger partial charge in [0, 0.05) is 13.1 Å². The maximum absolute atomic E-state index is 12.9. The van der Waals surface area contributed by atoms with Crippen LogP contribution >= 0.6 is 22.6 Å². The van der Waals surface area contributed by atoms with Crippen molar-refractivity contribution in [1.82, 2.24) is 15.1 Å². The van der Waals surface area contributed by atoms with Gasteiger partial charge in [-0.25, -0.2) is 18.7 Å². The van der Waals surface area contributed by atoms with Crippen molar-refractivity contribution in [3.05, 3.63) is 29.8 Å². The van der Waals surface area contributed by atoms with Gasteiger partial charge < -0.3 is 5.32 Å². The monoisotopic (exact) mass is 535 g/mol. The minimum absolute atomic E-state index is 0.0655. The molecular weight excluding hydrogens is 514 g/mol. The molecule has 2 N–H and O–H groups in total. The van der Waals surface area contributed by atoms with Crippen molar-refractivity contribution in [1.29, 1.82) is 0 Å². The first-order valence-electron chi connectivity index (χ1n) is 8.60. The number of nitrogens with one attached hydrogen (secondary N) is 2. The number of nitrogens with zero attached hydrogens (tertiary/aromatic N) is 1. The molecule has 0 saturated carbocycles. The highest BCUT2D eigenvalue weighted by molar-refractivity contribution is 14.1. The maximum Gasteiger partial charge on any atom is 0.416 e. The summed E-state index contributed by atoms with van der Waals surface area (Å²) >= 11 is 1.84. The molecular formula is C16H21F3IN3O4S. The molecule has 2 rings (SSSR count). The van der Waals surface area contributed by atoms with Crippen LogP contribution in [0.5, 0.6) is 0 Å². The molecule has 0 aromatic heterocycles. The quantitative estimate of drug-likeness (QED) is 0.185. The largest absolute Gasteiger partial charge is 0.416 e. The Hall–Kier alpha value is -1.12. The molecule has 0 radical (unpaired) electrons. The Kier molecular flexibility index (Phi) is 7.93. The first kappa shape index (κ1) is 23.2. The Morgan fingerprint density at radius 2 is 2.11 bits per heavy atom. The van der Waals surface area contributed by atoms with E-state index in [1.807, 2.05) is 29.5 Å². The van der Waals surface area contributed by atoms with Crippen LogP contribution in [0.4, 0.5) is 18.0 Å². The summed E-state index contributed by atoms with van der Waals surface area (Å²) in [5.41, 5.74) is 1.20. The molecule has 1 aliphatic heterocycles. The third-order valence-corrected chi connectivity index (χ3v) is 7.83. The molecule has 0 bridgehead atoms. The topological polar surface area (TPSA) is 87.7 Å². The summed E-state index contributed by atoms with van der Waals surface area (Å²) in [5, 5.41) is 2.59. The number of hydrogen-bond acceptors (Lipinski definition) is 4. The summed E-state index contributed by atoms with van der Waals surface area (Å²) in [7, 11) is -4.14. The first-order valence-corrected chi connectivity index (χ1v) is 11.3. The summed E-state index contributed by atoms with van der Waals surface area (Å²) in [6.45, 7) is 2.53. The fourth-order valence-corrected chi connectivity index (χ4v) is 5.81. The molecule has 28 heavy (non-hydrogen) atoms. The molecule has 1 heterocycles. The van der Waals surface area contributed by atoms with Gasteiger partial charge in [0.25, 0.3) is 0 Å². The number of carbonyl (C=O) groups excluding carboxylic acids is 1. The number of amides is 2. The number of hydroxylamine groups is 1. The van der Waals surface area contributed by atoms with Gasteiger partial charge in [0.1, 0.15) is 10.2 Å². The number of halogens is 4. The van der Waals surface area contributed by atoms with Gasteiger partial charge in [-0.2, -0.15) is 17.5 Å². The Morgan fingerprint density at radius 3 is 2.75 bits per heavy atom. The van der Waals surface area contributed by atoms with Crippen LogP contribution in [-0.4, -0.2) is 42.0 Å². The predicted molar refractivity (Wildman–Crippen MR) is 104 cm³/mol. The lowest BCUT2D eigenvalue weighted by molar-refractivity contribution is -0.137. The number of unbranched alkanes of at least 4 members (excludes halogenated alkanes) is 1. The van der Waals surface area contributed by atoms with E-state index >= 15 is 0 Å². The highest BCUT2D eigenvalue weighted by Crippen LogP contribution is 2.34. The van der Waals surface area contributed by atoms with E-state index in [4.69, 9.17) is 4.84 Å². The summed E-state index contributed by atoms with van der Waals surface area (Å²) in [6.07, 6.45) is -3.24. The number of urea groups is 1. The highest BCUT2D eigenvalue weighted by Gasteiger charge is 2.42. The molecule has 12 heteroatoms. The number of sulfonamides is 1. The van der Waals surface area contributed by atoms with E-state index in [1.165, 1.54) is 0 Å². The smallest absolute Gasteiger partial charge is 0.336 e. The maximum atomic E-state index is 12.9. The second kappa shape index (κ2) is 9.59. The van der Waals surface area contributed by atoms with E-state index < -0.39 is 42.8 Å². The average molecular weight is 535 g/mol. The van der Waals surface area contributed by atoms with Crippen molar-refractivity contribution >= 4 is 38.6 Å². The molecule has 1 saturated heterocycles. The fourth-order valence-electron chi connectivity index (χ4n) is 2.58. The van der Waals surface area contributed by atoms with Gasteiger partial charge in [-0.3, -0.25) is 4.84 Å². The zero-order chi connectivity index (χ0) is 20.9. The Bertz CT molecular complexity index is 792. The summed E-state index contributed by atoms with van der Waals surface area (Å²) < 4.78 is 64.6. The van der Waals surface area contributed by atoms with Crippen molar-refractivity contribution in [2.24, 2.45) is 0 Å². The number of carbonyl (C=O) groups is 1. The molecule has 1 aliphatic rings. The molecule has 2 atom stereocenters. The number of benzene rings is 1. The van der Waals surface area contributed by atoms with Crippen LogP contribution in [0.25, 0.3) is 0 Å². The van der Waals surface area contributed by atoms with Crippen molar-refractivity contribution in [3.8, 4) is 0 Å². The molecule has 1 fully saturated rings. The number of hydrogen-bond donors (Lipinski definition) is 2. The molecule has 2 amide bonds. The first-order chi connectivity index (χ1) is 13.1. The van der Waals surface area contributed by atoms with E-state index in [9.17, 15) is 26.4 Å². The Labute approximate surface area is 175 Å². The van der Waals surface area contributed by atoms with Crippen LogP contribution in [0.2, 0.25) is 0 Å². The van der Waals surface area contributed by atoms with Gasteiger partial charge >= 0.3 is 12.2 Å². The molecule has 1 aromatic carbocycles. The minimum atomic E-state index is -4.64. The minimum Gasteiger partial charge on any atom is -0.336 e. The van der Waals surface area contributed by atoms with Crippen LogP contribution in [0, 0.1) is 0 Å². The Balaban J connectivity index is 2.03. The molecule has 2 unspecified atom stereocenters. The van der Waals surface area contributed by atoms with Crippen molar-refractivity contribution in [2.45, 2.75) is 47.4 Å². The molecule has 158 valence electrons. The van der Waals surface area contributed by atoms with Crippen LogP contribution in [0.3, 0.4) is 0 Å². The number of rotatable bonds is 7. The van der Waals surface area contributed by atoms with Gasteiger partial charge in [0.05, 0.1) is 10.5 Å².